The number of nitrogens with one attached hydrogen (secondary N) is 1. The van der Waals surface area contributed by atoms with Crippen LogP contribution in [0.3, 0.4) is 0 Å². The number of halogens is 2. The van der Waals surface area contributed by atoms with E-state index < -0.39 is 5.82 Å². The van der Waals surface area contributed by atoms with Gasteiger partial charge in [-0.1, -0.05) is 36.4 Å². The van der Waals surface area contributed by atoms with Gasteiger partial charge in [-0.3, -0.25) is 9.69 Å². The number of morpholine rings is 1. The van der Waals surface area contributed by atoms with Gasteiger partial charge >= 0.3 is 0 Å². The predicted molar refractivity (Wildman–Crippen MR) is 131 cm³/mol. The molecule has 176 valence electrons. The molecule has 0 bridgehead atoms. The van der Waals surface area contributed by atoms with Crippen LogP contribution in [-0.2, 0) is 16.0 Å². The zero-order chi connectivity index (χ0) is 23.9. The zero-order valence-electron chi connectivity index (χ0n) is 18.6. The Kier molecular flexibility index (Phi) is 7.95. The molecule has 1 aliphatic heterocycles. The molecule has 3 heterocycles. The van der Waals surface area contributed by atoms with Crippen molar-refractivity contribution in [1.82, 2.24) is 19.9 Å². The minimum absolute atomic E-state index is 0.0484. The summed E-state index contributed by atoms with van der Waals surface area (Å²) in [5, 5.41) is 2.83. The Morgan fingerprint density at radius 1 is 1.26 bits per heavy atom. The van der Waals surface area contributed by atoms with E-state index in [2.05, 4.69) is 37.8 Å². The van der Waals surface area contributed by atoms with Crippen molar-refractivity contribution in [3.05, 3.63) is 77.0 Å². The van der Waals surface area contributed by atoms with Crippen LogP contribution in [0.25, 0.3) is 17.1 Å². The third-order valence-corrected chi connectivity index (χ3v) is 5.80. The summed E-state index contributed by atoms with van der Waals surface area (Å²) < 4.78 is 18.9. The fourth-order valence-corrected chi connectivity index (χ4v) is 3.91. The molecule has 4 rings (SSSR count). The van der Waals surface area contributed by atoms with E-state index >= 15 is 0 Å². The van der Waals surface area contributed by atoms with Crippen molar-refractivity contribution >= 4 is 40.4 Å². The molecule has 3 aromatic rings. The van der Waals surface area contributed by atoms with Crippen LogP contribution < -0.4 is 5.32 Å². The van der Waals surface area contributed by atoms with Crippen molar-refractivity contribution in [1.29, 1.82) is 0 Å². The van der Waals surface area contributed by atoms with Crippen LogP contribution in [0.4, 0.5) is 10.2 Å². The number of hydrogen-bond acceptors (Lipinski definition) is 6. The average molecular weight is 482 g/mol. The van der Waals surface area contributed by atoms with Gasteiger partial charge in [0.1, 0.15) is 23.5 Å². The number of amides is 1. The van der Waals surface area contributed by atoms with Gasteiger partial charge in [0.25, 0.3) is 0 Å². The SMILES string of the molecule is C=CC(=O)Nc1nc2c(Cc3ccc(F)c(Cl)c3)ncnc2cc1/C=C/CCN1CCOCC1. The summed E-state index contributed by atoms with van der Waals surface area (Å²) in [6, 6.07) is 6.41. The lowest BCUT2D eigenvalue weighted by Gasteiger charge is -2.25. The molecule has 1 saturated heterocycles. The van der Waals surface area contributed by atoms with Crippen molar-refractivity contribution < 1.29 is 13.9 Å². The Hall–Kier alpha value is -3.20. The minimum Gasteiger partial charge on any atom is -0.379 e. The second-order valence-electron chi connectivity index (χ2n) is 7.88. The molecule has 0 radical (unpaired) electrons. The Morgan fingerprint density at radius 2 is 2.09 bits per heavy atom. The number of carbonyl (C=O) groups excluding carboxylic acids is 1. The smallest absolute Gasteiger partial charge is 0.248 e. The average Bonchev–Trinajstić information content (AvgIpc) is 2.85. The highest BCUT2D eigenvalue weighted by Crippen LogP contribution is 2.25. The van der Waals surface area contributed by atoms with Gasteiger partial charge in [0.15, 0.2) is 0 Å². The van der Waals surface area contributed by atoms with E-state index in [-0.39, 0.29) is 10.9 Å². The standard InChI is InChI=1S/C25H25ClFN5O2/c1-2-23(33)30-25-18(5-3-4-8-32-9-11-34-12-10-32)15-22-24(31-25)21(28-16-29-22)14-17-6-7-20(27)19(26)13-17/h2-3,5-7,13,15-16H,1,4,8-12,14H2,(H,30,31,33)/b5-3+. The molecule has 2 aromatic heterocycles. The van der Waals surface area contributed by atoms with E-state index in [0.717, 1.165) is 50.4 Å². The zero-order valence-corrected chi connectivity index (χ0v) is 19.4. The Balaban J connectivity index is 1.61. The normalized spacial score (nSPS) is 14.5. The molecule has 1 N–H and O–H groups in total. The molecule has 0 unspecified atom stereocenters. The van der Waals surface area contributed by atoms with E-state index in [1.807, 2.05) is 12.1 Å². The number of ether oxygens (including phenoxy) is 1. The fraction of sp³-hybridized carbons (Fsp3) is 0.280. The lowest BCUT2D eigenvalue weighted by molar-refractivity contribution is -0.111. The molecule has 1 fully saturated rings. The number of pyridine rings is 1. The number of aromatic nitrogens is 3. The maximum Gasteiger partial charge on any atom is 0.248 e. The summed E-state index contributed by atoms with van der Waals surface area (Å²) in [5.41, 5.74) is 3.36. The van der Waals surface area contributed by atoms with E-state index in [0.29, 0.717) is 29.0 Å². The van der Waals surface area contributed by atoms with E-state index in [1.165, 1.54) is 18.5 Å². The molecule has 1 amide bonds. The summed E-state index contributed by atoms with van der Waals surface area (Å²) in [4.78, 5) is 27.8. The number of anilines is 1. The van der Waals surface area contributed by atoms with Gasteiger partial charge < -0.3 is 10.1 Å². The van der Waals surface area contributed by atoms with Crippen molar-refractivity contribution in [3.8, 4) is 0 Å². The van der Waals surface area contributed by atoms with Crippen molar-refractivity contribution in [2.24, 2.45) is 0 Å². The number of fused-ring (bicyclic) bond motifs is 1. The third kappa shape index (κ3) is 6.02. The van der Waals surface area contributed by atoms with E-state index in [9.17, 15) is 9.18 Å². The van der Waals surface area contributed by atoms with Gasteiger partial charge in [0.05, 0.1) is 29.4 Å². The first-order chi connectivity index (χ1) is 16.5. The van der Waals surface area contributed by atoms with E-state index in [1.54, 1.807) is 12.1 Å². The van der Waals surface area contributed by atoms with Crippen LogP contribution in [0, 0.1) is 5.82 Å². The summed E-state index contributed by atoms with van der Waals surface area (Å²) in [6.07, 6.45) is 7.90. The molecule has 0 spiro atoms. The molecule has 7 nitrogen and oxygen atoms in total. The first-order valence-corrected chi connectivity index (χ1v) is 11.4. The quantitative estimate of drug-likeness (QED) is 0.484. The number of carbonyl (C=O) groups is 1. The molecule has 1 aliphatic rings. The monoisotopic (exact) mass is 481 g/mol. The Bertz CT molecular complexity index is 1230. The highest BCUT2D eigenvalue weighted by atomic mass is 35.5. The Labute approximate surface area is 202 Å². The van der Waals surface area contributed by atoms with Crippen LogP contribution in [0.2, 0.25) is 5.02 Å². The van der Waals surface area contributed by atoms with Gasteiger partial charge in [-0.05, 0) is 36.3 Å². The van der Waals surface area contributed by atoms with Gasteiger partial charge in [-0.25, -0.2) is 19.3 Å². The fourth-order valence-electron chi connectivity index (χ4n) is 3.71. The number of rotatable bonds is 8. The molecular formula is C25H25ClFN5O2. The predicted octanol–water partition coefficient (Wildman–Crippen LogP) is 4.27. The highest BCUT2D eigenvalue weighted by Gasteiger charge is 2.14. The molecule has 9 heteroatoms. The summed E-state index contributed by atoms with van der Waals surface area (Å²) >= 11 is 5.93. The number of nitrogens with zero attached hydrogens (tertiary/aromatic N) is 4. The van der Waals surface area contributed by atoms with E-state index in [4.69, 9.17) is 16.3 Å². The lowest BCUT2D eigenvalue weighted by Crippen LogP contribution is -2.36. The Morgan fingerprint density at radius 3 is 2.85 bits per heavy atom. The second-order valence-corrected chi connectivity index (χ2v) is 8.29. The van der Waals surface area contributed by atoms with Crippen LogP contribution in [0.1, 0.15) is 23.2 Å². The molecule has 1 aromatic carbocycles. The number of benzene rings is 1. The molecule has 0 atom stereocenters. The second kappa shape index (κ2) is 11.3. The van der Waals surface area contributed by atoms with Crippen LogP contribution in [-0.4, -0.2) is 58.6 Å². The van der Waals surface area contributed by atoms with Gasteiger partial charge in [0, 0.05) is 31.6 Å². The number of hydrogen-bond donors (Lipinski definition) is 1. The van der Waals surface area contributed by atoms with Crippen molar-refractivity contribution in [2.75, 3.05) is 38.2 Å². The van der Waals surface area contributed by atoms with Gasteiger partial charge in [0.2, 0.25) is 5.91 Å². The summed E-state index contributed by atoms with van der Waals surface area (Å²) in [6.45, 7) is 7.86. The van der Waals surface area contributed by atoms with Gasteiger partial charge in [-0.15, -0.1) is 0 Å². The summed E-state index contributed by atoms with van der Waals surface area (Å²) in [7, 11) is 0. The largest absolute Gasteiger partial charge is 0.379 e. The highest BCUT2D eigenvalue weighted by molar-refractivity contribution is 6.30. The summed E-state index contributed by atoms with van der Waals surface area (Å²) in [5.74, 6) is -0.442. The third-order valence-electron chi connectivity index (χ3n) is 5.51. The lowest BCUT2D eigenvalue weighted by atomic mass is 10.1. The van der Waals surface area contributed by atoms with Crippen molar-refractivity contribution in [2.45, 2.75) is 12.8 Å². The van der Waals surface area contributed by atoms with Gasteiger partial charge in [-0.2, -0.15) is 0 Å². The van der Waals surface area contributed by atoms with Crippen LogP contribution in [0.15, 0.2) is 49.3 Å². The maximum absolute atomic E-state index is 13.5. The molecule has 34 heavy (non-hydrogen) atoms. The maximum atomic E-state index is 13.5. The minimum atomic E-state index is -0.476. The first-order valence-electron chi connectivity index (χ1n) is 11.0. The van der Waals surface area contributed by atoms with Crippen LogP contribution >= 0.6 is 11.6 Å². The van der Waals surface area contributed by atoms with Crippen molar-refractivity contribution in [3.63, 3.8) is 0 Å². The topological polar surface area (TPSA) is 80.2 Å². The van der Waals surface area contributed by atoms with Crippen LogP contribution in [0.5, 0.6) is 0 Å². The first kappa shape index (κ1) is 23.9. The molecule has 0 saturated carbocycles. The molecular weight excluding hydrogens is 457 g/mol. The molecule has 0 aliphatic carbocycles.